The molecule has 170 valence electrons. The number of fused-ring (bicyclic) bond motifs is 1. The number of aliphatic imine (C=N–C) groups is 1. The quantitative estimate of drug-likeness (QED) is 0.295. The molecule has 7 nitrogen and oxygen atoms in total. The number of thiophene rings is 1. The molecule has 1 aliphatic rings. The molecule has 0 unspecified atom stereocenters. The van der Waals surface area contributed by atoms with Gasteiger partial charge in [-0.05, 0) is 48.1 Å². The molecule has 9 heteroatoms. The third-order valence-corrected chi connectivity index (χ3v) is 6.03. The van der Waals surface area contributed by atoms with Crippen molar-refractivity contribution >= 4 is 47.2 Å². The van der Waals surface area contributed by atoms with E-state index in [9.17, 15) is 4.79 Å². The molecule has 1 aromatic carbocycles. The van der Waals surface area contributed by atoms with Gasteiger partial charge in [0.15, 0.2) is 17.5 Å². The molecule has 0 radical (unpaired) electrons. The molecule has 0 aliphatic carbocycles. The topological polar surface area (TPSA) is 75.2 Å². The van der Waals surface area contributed by atoms with Crippen LogP contribution < -0.4 is 20.1 Å². The van der Waals surface area contributed by atoms with Gasteiger partial charge in [-0.25, -0.2) is 4.99 Å². The Morgan fingerprint density at radius 2 is 2.00 bits per heavy atom. The lowest BCUT2D eigenvalue weighted by molar-refractivity contribution is -0.131. The van der Waals surface area contributed by atoms with Crippen molar-refractivity contribution in [3.8, 4) is 11.5 Å². The normalized spacial score (nSPS) is 13.1. The average molecular weight is 558 g/mol. The molecule has 0 bridgehead atoms. The second-order valence-corrected chi connectivity index (χ2v) is 8.00. The monoisotopic (exact) mass is 558 g/mol. The first-order valence-corrected chi connectivity index (χ1v) is 11.1. The molecule has 3 rings (SSSR count). The van der Waals surface area contributed by atoms with Crippen LogP contribution in [0.15, 0.2) is 34.6 Å². The van der Waals surface area contributed by atoms with Gasteiger partial charge in [-0.2, -0.15) is 0 Å². The molecule has 1 aromatic heterocycles. The van der Waals surface area contributed by atoms with Crippen molar-refractivity contribution in [2.24, 2.45) is 4.99 Å². The van der Waals surface area contributed by atoms with Crippen LogP contribution in [-0.4, -0.2) is 50.6 Å². The zero-order chi connectivity index (χ0) is 21.3. The minimum atomic E-state index is 0. The van der Waals surface area contributed by atoms with Gasteiger partial charge in [-0.3, -0.25) is 4.79 Å². The van der Waals surface area contributed by atoms with Gasteiger partial charge in [-0.15, -0.1) is 35.3 Å². The summed E-state index contributed by atoms with van der Waals surface area (Å²) in [4.78, 5) is 20.6. The zero-order valence-electron chi connectivity index (χ0n) is 18.3. The third kappa shape index (κ3) is 6.99. The number of carbonyl (C=O) groups is 1. The number of halogens is 1. The molecule has 0 fully saturated rings. The summed E-state index contributed by atoms with van der Waals surface area (Å²) in [5.74, 6) is 2.25. The third-order valence-electron chi connectivity index (χ3n) is 5.00. The highest BCUT2D eigenvalue weighted by atomic mass is 127. The number of nitrogens with one attached hydrogen (secondary N) is 2. The molecule has 0 spiro atoms. The lowest BCUT2D eigenvalue weighted by atomic mass is 10.1. The predicted molar refractivity (Wildman–Crippen MR) is 136 cm³/mol. The molecule has 2 heterocycles. The molecule has 0 saturated carbocycles. The second kappa shape index (κ2) is 12.7. The molecular formula is C22H31IN4O3S. The zero-order valence-corrected chi connectivity index (χ0v) is 21.4. The van der Waals surface area contributed by atoms with E-state index in [0.717, 1.165) is 31.6 Å². The van der Waals surface area contributed by atoms with Crippen LogP contribution in [0.5, 0.6) is 11.5 Å². The van der Waals surface area contributed by atoms with Crippen molar-refractivity contribution in [3.63, 3.8) is 0 Å². The van der Waals surface area contributed by atoms with E-state index in [2.05, 4.69) is 27.1 Å². The van der Waals surface area contributed by atoms with Gasteiger partial charge < -0.3 is 25.0 Å². The Morgan fingerprint density at radius 3 is 2.74 bits per heavy atom. The first-order chi connectivity index (χ1) is 14.6. The van der Waals surface area contributed by atoms with Crippen molar-refractivity contribution in [3.05, 3.63) is 45.6 Å². The lowest BCUT2D eigenvalue weighted by Crippen LogP contribution is -2.41. The number of rotatable bonds is 8. The summed E-state index contributed by atoms with van der Waals surface area (Å²) in [5.41, 5.74) is 2.30. The maximum atomic E-state index is 12.6. The summed E-state index contributed by atoms with van der Waals surface area (Å²) in [5, 5.41) is 8.60. The Hall–Kier alpha value is -2.01. The molecule has 0 atom stereocenters. The molecule has 2 N–H and O–H groups in total. The van der Waals surface area contributed by atoms with Crippen molar-refractivity contribution < 1.29 is 14.3 Å². The van der Waals surface area contributed by atoms with E-state index in [1.165, 1.54) is 10.4 Å². The molecule has 31 heavy (non-hydrogen) atoms. The maximum absolute atomic E-state index is 12.6. The molecule has 1 amide bonds. The SMILES string of the molecule is CCNC(=NCc1ccc(OC)c(OC)c1)NCCC(=O)N1CCc2sccc2C1.I. The fourth-order valence-corrected chi connectivity index (χ4v) is 4.29. The van der Waals surface area contributed by atoms with E-state index < -0.39 is 0 Å². The number of guanidine groups is 1. The highest BCUT2D eigenvalue weighted by molar-refractivity contribution is 14.0. The van der Waals surface area contributed by atoms with Crippen LogP contribution in [0, 0.1) is 0 Å². The minimum absolute atomic E-state index is 0. The van der Waals surface area contributed by atoms with E-state index in [1.54, 1.807) is 25.6 Å². The van der Waals surface area contributed by atoms with Gasteiger partial charge >= 0.3 is 0 Å². The smallest absolute Gasteiger partial charge is 0.224 e. The summed E-state index contributed by atoms with van der Waals surface area (Å²) < 4.78 is 10.6. The van der Waals surface area contributed by atoms with Crippen molar-refractivity contribution in [2.45, 2.75) is 32.9 Å². The van der Waals surface area contributed by atoms with E-state index in [4.69, 9.17) is 9.47 Å². The van der Waals surface area contributed by atoms with Gasteiger partial charge in [-0.1, -0.05) is 6.07 Å². The molecule has 2 aromatic rings. The summed E-state index contributed by atoms with van der Waals surface area (Å²) in [6, 6.07) is 7.89. The number of hydrogen-bond acceptors (Lipinski definition) is 5. The Bertz CT molecular complexity index is 887. The number of carbonyl (C=O) groups excluding carboxylic acids is 1. The van der Waals surface area contributed by atoms with E-state index in [0.29, 0.717) is 37.0 Å². The van der Waals surface area contributed by atoms with Gasteiger partial charge in [0.25, 0.3) is 0 Å². The first-order valence-electron chi connectivity index (χ1n) is 10.2. The summed E-state index contributed by atoms with van der Waals surface area (Å²) >= 11 is 1.79. The second-order valence-electron chi connectivity index (χ2n) is 7.00. The number of benzene rings is 1. The fourth-order valence-electron chi connectivity index (χ4n) is 3.40. The fraction of sp³-hybridized carbons (Fsp3) is 0.455. The lowest BCUT2D eigenvalue weighted by Gasteiger charge is -2.27. The van der Waals surface area contributed by atoms with Crippen molar-refractivity contribution in [2.75, 3.05) is 33.9 Å². The Kier molecular flexibility index (Phi) is 10.4. The molecule has 1 aliphatic heterocycles. The molecular weight excluding hydrogens is 527 g/mol. The van der Waals surface area contributed by atoms with Crippen LogP contribution in [0.4, 0.5) is 0 Å². The number of nitrogens with zero attached hydrogens (tertiary/aromatic N) is 2. The van der Waals surface area contributed by atoms with Crippen LogP contribution in [0.3, 0.4) is 0 Å². The Balaban J connectivity index is 0.00000341. The highest BCUT2D eigenvalue weighted by Gasteiger charge is 2.21. The number of methoxy groups -OCH3 is 2. The van der Waals surface area contributed by atoms with E-state index >= 15 is 0 Å². The minimum Gasteiger partial charge on any atom is -0.493 e. The van der Waals surface area contributed by atoms with Crippen LogP contribution >= 0.6 is 35.3 Å². The Labute approximate surface area is 205 Å². The van der Waals surface area contributed by atoms with Crippen LogP contribution in [0.25, 0.3) is 0 Å². The standard InChI is InChI=1S/C22H30N4O3S.HI/c1-4-23-22(25-14-16-5-6-18(28-2)19(13-16)29-3)24-10-7-21(27)26-11-8-20-17(15-26)9-12-30-20;/h5-6,9,12-13H,4,7-8,10-11,14-15H2,1-3H3,(H2,23,24,25);1H. The highest BCUT2D eigenvalue weighted by Crippen LogP contribution is 2.27. The number of ether oxygens (including phenoxy) is 2. The first kappa shape index (κ1) is 25.3. The van der Waals surface area contributed by atoms with Crippen molar-refractivity contribution in [1.82, 2.24) is 15.5 Å². The Morgan fingerprint density at radius 1 is 1.19 bits per heavy atom. The molecule has 0 saturated heterocycles. The van der Waals surface area contributed by atoms with Gasteiger partial charge in [0.1, 0.15) is 0 Å². The van der Waals surface area contributed by atoms with Crippen molar-refractivity contribution in [1.29, 1.82) is 0 Å². The summed E-state index contributed by atoms with van der Waals surface area (Å²) in [6.07, 6.45) is 1.40. The number of hydrogen-bond donors (Lipinski definition) is 2. The van der Waals surface area contributed by atoms with Crippen LogP contribution in [0.2, 0.25) is 0 Å². The van der Waals surface area contributed by atoms with Gasteiger partial charge in [0.2, 0.25) is 5.91 Å². The predicted octanol–water partition coefficient (Wildman–Crippen LogP) is 3.41. The maximum Gasteiger partial charge on any atom is 0.224 e. The van der Waals surface area contributed by atoms with E-state index in [-0.39, 0.29) is 29.9 Å². The number of amides is 1. The summed E-state index contributed by atoms with van der Waals surface area (Å²) in [6.45, 7) is 5.34. The largest absolute Gasteiger partial charge is 0.493 e. The van der Waals surface area contributed by atoms with Gasteiger partial charge in [0, 0.05) is 37.5 Å². The van der Waals surface area contributed by atoms with Gasteiger partial charge in [0.05, 0.1) is 20.8 Å². The average Bonchev–Trinajstić information content (AvgIpc) is 3.25. The van der Waals surface area contributed by atoms with Crippen LogP contribution in [-0.2, 0) is 24.3 Å². The van der Waals surface area contributed by atoms with Crippen LogP contribution in [0.1, 0.15) is 29.3 Å². The summed E-state index contributed by atoms with van der Waals surface area (Å²) in [7, 11) is 3.24. The van der Waals surface area contributed by atoms with E-state index in [1.807, 2.05) is 30.0 Å².